The highest BCUT2D eigenvalue weighted by Crippen LogP contribution is 2.26. The largest absolute Gasteiger partial charge is 0.352 e. The van der Waals surface area contributed by atoms with Crippen LogP contribution in [0.5, 0.6) is 0 Å². The minimum absolute atomic E-state index is 0.130. The van der Waals surface area contributed by atoms with Gasteiger partial charge in [0.1, 0.15) is 0 Å². The number of amides is 1. The minimum Gasteiger partial charge on any atom is -0.352 e. The number of fused-ring (bicyclic) bond motifs is 1. The van der Waals surface area contributed by atoms with Crippen molar-refractivity contribution in [3.63, 3.8) is 0 Å². The topological polar surface area (TPSA) is 75.3 Å². The lowest BCUT2D eigenvalue weighted by molar-refractivity contribution is 0.0946. The van der Waals surface area contributed by atoms with Gasteiger partial charge in [-0.05, 0) is 37.0 Å². The SMILES string of the molecule is O=C1NCCc2ccc(NS(=O)(=O)C3CCCCC3)cc21. The van der Waals surface area contributed by atoms with E-state index in [0.717, 1.165) is 44.1 Å². The summed E-state index contributed by atoms with van der Waals surface area (Å²) < 4.78 is 27.4. The molecule has 6 heteroatoms. The van der Waals surface area contributed by atoms with E-state index in [-0.39, 0.29) is 11.2 Å². The Bertz CT molecular complexity index is 649. The molecule has 0 saturated heterocycles. The summed E-state index contributed by atoms with van der Waals surface area (Å²) in [5, 5.41) is 2.47. The van der Waals surface area contributed by atoms with Gasteiger partial charge in [-0.15, -0.1) is 0 Å². The minimum atomic E-state index is -3.36. The summed E-state index contributed by atoms with van der Waals surface area (Å²) in [6, 6.07) is 5.23. The van der Waals surface area contributed by atoms with Crippen LogP contribution in [0.2, 0.25) is 0 Å². The summed E-state index contributed by atoms with van der Waals surface area (Å²) in [7, 11) is -3.36. The standard InChI is InChI=1S/C15H20N2O3S/c18-15-14-10-12(7-6-11(14)8-9-16-15)17-21(19,20)13-4-2-1-3-5-13/h6-7,10,13,17H,1-5,8-9H2,(H,16,18). The van der Waals surface area contributed by atoms with Gasteiger partial charge in [-0.2, -0.15) is 0 Å². The number of hydrogen-bond acceptors (Lipinski definition) is 3. The van der Waals surface area contributed by atoms with Crippen LogP contribution in [0.1, 0.15) is 48.0 Å². The lowest BCUT2D eigenvalue weighted by atomic mass is 10.00. The zero-order valence-corrected chi connectivity index (χ0v) is 12.7. The van der Waals surface area contributed by atoms with Crippen molar-refractivity contribution in [1.82, 2.24) is 5.32 Å². The average molecular weight is 308 g/mol. The van der Waals surface area contributed by atoms with Crippen molar-refractivity contribution in [3.05, 3.63) is 29.3 Å². The van der Waals surface area contributed by atoms with Gasteiger partial charge in [0.15, 0.2) is 0 Å². The molecule has 2 aliphatic rings. The predicted octanol–water partition coefficient (Wildman–Crippen LogP) is 2.05. The monoisotopic (exact) mass is 308 g/mol. The molecule has 0 bridgehead atoms. The Morgan fingerprint density at radius 1 is 1.14 bits per heavy atom. The van der Waals surface area contributed by atoms with Gasteiger partial charge >= 0.3 is 0 Å². The van der Waals surface area contributed by atoms with E-state index in [9.17, 15) is 13.2 Å². The Labute approximate surface area is 125 Å². The number of nitrogens with one attached hydrogen (secondary N) is 2. The Morgan fingerprint density at radius 3 is 2.67 bits per heavy atom. The Hall–Kier alpha value is -1.56. The Kier molecular flexibility index (Phi) is 3.89. The molecule has 0 radical (unpaired) electrons. The van der Waals surface area contributed by atoms with Gasteiger partial charge in [0.25, 0.3) is 5.91 Å². The summed E-state index contributed by atoms with van der Waals surface area (Å²) in [4.78, 5) is 11.8. The van der Waals surface area contributed by atoms with Gasteiger partial charge < -0.3 is 5.32 Å². The summed E-state index contributed by atoms with van der Waals surface area (Å²) in [6.07, 6.45) is 5.29. The molecule has 1 aliphatic heterocycles. The van der Waals surface area contributed by atoms with Crippen molar-refractivity contribution in [2.75, 3.05) is 11.3 Å². The number of carbonyl (C=O) groups excluding carboxylic acids is 1. The summed E-state index contributed by atoms with van der Waals surface area (Å²) in [5.74, 6) is -0.130. The molecule has 3 rings (SSSR count). The van der Waals surface area contributed by atoms with Crippen LogP contribution in [0.3, 0.4) is 0 Å². The van der Waals surface area contributed by atoms with Crippen molar-refractivity contribution >= 4 is 21.6 Å². The van der Waals surface area contributed by atoms with Gasteiger partial charge in [-0.3, -0.25) is 9.52 Å². The molecule has 1 amide bonds. The van der Waals surface area contributed by atoms with Gasteiger partial charge in [0.2, 0.25) is 10.0 Å². The fourth-order valence-electron chi connectivity index (χ4n) is 3.10. The summed E-state index contributed by atoms with van der Waals surface area (Å²) >= 11 is 0. The molecule has 1 aliphatic carbocycles. The molecule has 0 atom stereocenters. The number of benzene rings is 1. The third-order valence-corrected chi connectivity index (χ3v) is 6.15. The first-order valence-electron chi connectivity index (χ1n) is 7.49. The summed E-state index contributed by atoms with van der Waals surface area (Å²) in [6.45, 7) is 0.638. The van der Waals surface area contributed by atoms with Crippen molar-refractivity contribution in [3.8, 4) is 0 Å². The molecule has 21 heavy (non-hydrogen) atoms. The van der Waals surface area contributed by atoms with Gasteiger partial charge in [-0.25, -0.2) is 8.42 Å². The average Bonchev–Trinajstić information content (AvgIpc) is 2.49. The smallest absolute Gasteiger partial charge is 0.251 e. The second-order valence-electron chi connectivity index (χ2n) is 5.78. The van der Waals surface area contributed by atoms with Crippen LogP contribution in [0.15, 0.2) is 18.2 Å². The van der Waals surface area contributed by atoms with Crippen molar-refractivity contribution in [2.24, 2.45) is 0 Å². The number of carbonyl (C=O) groups is 1. The number of rotatable bonds is 3. The highest BCUT2D eigenvalue weighted by molar-refractivity contribution is 7.93. The van der Waals surface area contributed by atoms with E-state index in [1.165, 1.54) is 0 Å². The summed E-state index contributed by atoms with van der Waals surface area (Å²) in [5.41, 5.74) is 2.03. The van der Waals surface area contributed by atoms with Crippen LogP contribution >= 0.6 is 0 Å². The zero-order chi connectivity index (χ0) is 14.9. The molecule has 114 valence electrons. The fourth-order valence-corrected chi connectivity index (χ4v) is 4.67. The van der Waals surface area contributed by atoms with E-state index in [0.29, 0.717) is 17.8 Å². The molecule has 5 nitrogen and oxygen atoms in total. The molecule has 1 fully saturated rings. The third-order valence-electron chi connectivity index (χ3n) is 4.29. The molecule has 1 saturated carbocycles. The maximum absolute atomic E-state index is 12.4. The lowest BCUT2D eigenvalue weighted by Gasteiger charge is -2.23. The first-order chi connectivity index (χ1) is 10.1. The quantitative estimate of drug-likeness (QED) is 0.897. The maximum Gasteiger partial charge on any atom is 0.251 e. The van der Waals surface area contributed by atoms with Crippen LogP contribution in [0.25, 0.3) is 0 Å². The molecular weight excluding hydrogens is 288 g/mol. The van der Waals surface area contributed by atoms with Crippen LogP contribution in [-0.2, 0) is 16.4 Å². The molecule has 2 N–H and O–H groups in total. The van der Waals surface area contributed by atoms with Crippen LogP contribution in [0.4, 0.5) is 5.69 Å². The van der Waals surface area contributed by atoms with E-state index < -0.39 is 10.0 Å². The third kappa shape index (κ3) is 3.05. The molecule has 1 heterocycles. The highest BCUT2D eigenvalue weighted by atomic mass is 32.2. The molecule has 0 aromatic heterocycles. The van der Waals surface area contributed by atoms with Gasteiger partial charge in [0.05, 0.1) is 5.25 Å². The fraction of sp³-hybridized carbons (Fsp3) is 0.533. The van der Waals surface area contributed by atoms with Crippen molar-refractivity contribution in [1.29, 1.82) is 0 Å². The van der Waals surface area contributed by atoms with E-state index in [1.807, 2.05) is 6.07 Å². The number of hydrogen-bond donors (Lipinski definition) is 2. The second kappa shape index (κ2) is 5.67. The normalized spacial score (nSPS) is 19.7. The van der Waals surface area contributed by atoms with Crippen LogP contribution < -0.4 is 10.0 Å². The second-order valence-corrected chi connectivity index (χ2v) is 7.75. The zero-order valence-electron chi connectivity index (χ0n) is 11.9. The van der Waals surface area contributed by atoms with Crippen LogP contribution in [-0.4, -0.2) is 26.1 Å². The van der Waals surface area contributed by atoms with Crippen LogP contribution in [0, 0.1) is 0 Å². The van der Waals surface area contributed by atoms with E-state index in [1.54, 1.807) is 12.1 Å². The predicted molar refractivity (Wildman–Crippen MR) is 81.9 cm³/mol. The number of anilines is 1. The first-order valence-corrected chi connectivity index (χ1v) is 9.04. The Balaban J connectivity index is 1.81. The van der Waals surface area contributed by atoms with E-state index in [2.05, 4.69) is 10.0 Å². The molecule has 1 aromatic rings. The molecular formula is C15H20N2O3S. The van der Waals surface area contributed by atoms with Gasteiger partial charge in [0, 0.05) is 17.8 Å². The Morgan fingerprint density at radius 2 is 1.90 bits per heavy atom. The molecule has 0 spiro atoms. The molecule has 1 aromatic carbocycles. The molecule has 0 unspecified atom stereocenters. The van der Waals surface area contributed by atoms with Gasteiger partial charge in [-0.1, -0.05) is 25.3 Å². The number of sulfonamides is 1. The van der Waals surface area contributed by atoms with E-state index in [4.69, 9.17) is 0 Å². The maximum atomic E-state index is 12.4. The van der Waals surface area contributed by atoms with Crippen molar-refractivity contribution < 1.29 is 13.2 Å². The lowest BCUT2D eigenvalue weighted by Crippen LogP contribution is -2.32. The van der Waals surface area contributed by atoms with Crippen molar-refractivity contribution in [2.45, 2.75) is 43.8 Å². The van der Waals surface area contributed by atoms with E-state index >= 15 is 0 Å². The first kappa shape index (κ1) is 14.4. The highest BCUT2D eigenvalue weighted by Gasteiger charge is 2.27.